The summed E-state index contributed by atoms with van der Waals surface area (Å²) in [5, 5.41) is 8.27. The Kier molecular flexibility index (Phi) is 2.21. The highest BCUT2D eigenvalue weighted by atomic mass is 16.3. The predicted molar refractivity (Wildman–Crippen MR) is 26.6 cm³/mol. The molecule has 0 aliphatic carbocycles. The van der Waals surface area contributed by atoms with E-state index in [1.807, 2.05) is 6.92 Å². The monoisotopic (exact) mass is 84.1 g/mol. The molecule has 0 heterocycles. The molecule has 1 N–H and O–H groups in total. The van der Waals surface area contributed by atoms with Crippen LogP contribution in [0.4, 0.5) is 0 Å². The third kappa shape index (κ3) is 3.28. The van der Waals surface area contributed by atoms with Crippen LogP contribution in [0.1, 0.15) is 6.92 Å². The van der Waals surface area contributed by atoms with Gasteiger partial charge in [0.15, 0.2) is 0 Å². The van der Waals surface area contributed by atoms with E-state index in [2.05, 4.69) is 6.58 Å². The zero-order valence-electron chi connectivity index (χ0n) is 3.81. The van der Waals surface area contributed by atoms with Gasteiger partial charge in [-0.2, -0.15) is 0 Å². The molecule has 1 heteroatoms. The minimum atomic E-state index is 0.109. The lowest BCUT2D eigenvalue weighted by molar-refractivity contribution is 0.435. The molecule has 0 aliphatic heterocycles. The van der Waals surface area contributed by atoms with Crippen LogP contribution in [0, 0.1) is 0 Å². The van der Waals surface area contributed by atoms with Crippen LogP contribution in [0.15, 0.2) is 24.5 Å². The molecule has 0 aromatic carbocycles. The zero-order valence-corrected chi connectivity index (χ0v) is 3.81. The van der Waals surface area contributed by atoms with Gasteiger partial charge in [0.25, 0.3) is 0 Å². The fraction of sp³-hybridized carbons (Fsp3) is 0.200. The van der Waals surface area contributed by atoms with Crippen molar-refractivity contribution in [2.24, 2.45) is 0 Å². The van der Waals surface area contributed by atoms with Crippen molar-refractivity contribution in [1.29, 1.82) is 0 Å². The van der Waals surface area contributed by atoms with Gasteiger partial charge in [0.05, 0.1) is 0 Å². The summed E-state index contributed by atoms with van der Waals surface area (Å²) >= 11 is 0. The summed E-state index contributed by atoms with van der Waals surface area (Å²) in [6.07, 6.45) is 3.25. The number of aliphatic hydroxyl groups excluding tert-OH is 1. The molecule has 0 bridgehead atoms. The predicted octanol–water partition coefficient (Wildman–Crippen LogP) is 1.63. The maximum absolute atomic E-state index is 8.27. The Morgan fingerprint density at radius 3 is 2.33 bits per heavy atom. The van der Waals surface area contributed by atoms with Crippen LogP contribution in [0.5, 0.6) is 0 Å². The lowest BCUT2D eigenvalue weighted by Gasteiger charge is -1.76. The van der Waals surface area contributed by atoms with Crippen LogP contribution in [0.3, 0.4) is 0 Å². The Balaban J connectivity index is 3.30. The molecule has 0 saturated heterocycles. The van der Waals surface area contributed by atoms with Crippen LogP contribution < -0.4 is 0 Å². The standard InChI is InChI=1S/C5H8O/c1-3-4-5(2)6/h3-4,6H,2H2,1H3. The van der Waals surface area contributed by atoms with Crippen molar-refractivity contribution < 1.29 is 5.11 Å². The maximum Gasteiger partial charge on any atom is 0.108 e. The average molecular weight is 84.1 g/mol. The molecule has 6 heavy (non-hydrogen) atoms. The van der Waals surface area contributed by atoms with Crippen molar-refractivity contribution in [3.63, 3.8) is 0 Å². The van der Waals surface area contributed by atoms with Gasteiger partial charge in [-0.1, -0.05) is 12.7 Å². The topological polar surface area (TPSA) is 20.2 Å². The Morgan fingerprint density at radius 1 is 1.83 bits per heavy atom. The van der Waals surface area contributed by atoms with Crippen molar-refractivity contribution in [2.45, 2.75) is 6.92 Å². The van der Waals surface area contributed by atoms with Crippen molar-refractivity contribution in [3.8, 4) is 0 Å². The number of hydrogen-bond donors (Lipinski definition) is 1. The smallest absolute Gasteiger partial charge is 0.108 e. The largest absolute Gasteiger partial charge is 0.509 e. The van der Waals surface area contributed by atoms with Crippen LogP contribution in [0.2, 0.25) is 0 Å². The number of rotatable bonds is 1. The Labute approximate surface area is 37.6 Å². The molecule has 1 nitrogen and oxygen atoms in total. The fourth-order valence-electron chi connectivity index (χ4n) is 0.192. The molecule has 0 saturated carbocycles. The first-order valence-electron chi connectivity index (χ1n) is 1.78. The summed E-state index contributed by atoms with van der Waals surface area (Å²) in [5.41, 5.74) is 0. The highest BCUT2D eigenvalue weighted by Gasteiger charge is 1.66. The minimum absolute atomic E-state index is 0.109. The number of hydrogen-bond acceptors (Lipinski definition) is 1. The van der Waals surface area contributed by atoms with E-state index in [0.717, 1.165) is 0 Å². The van der Waals surface area contributed by atoms with Crippen LogP contribution >= 0.6 is 0 Å². The fourth-order valence-corrected chi connectivity index (χ4v) is 0.192. The van der Waals surface area contributed by atoms with E-state index < -0.39 is 0 Å². The first-order valence-corrected chi connectivity index (χ1v) is 1.78. The van der Waals surface area contributed by atoms with Gasteiger partial charge in [0.1, 0.15) is 5.76 Å². The van der Waals surface area contributed by atoms with E-state index in [1.165, 1.54) is 6.08 Å². The third-order valence-corrected chi connectivity index (χ3v) is 0.359. The first-order chi connectivity index (χ1) is 2.77. The second-order valence-electron chi connectivity index (χ2n) is 0.991. The Morgan fingerprint density at radius 2 is 2.33 bits per heavy atom. The van der Waals surface area contributed by atoms with E-state index in [4.69, 9.17) is 5.11 Å². The summed E-state index contributed by atoms with van der Waals surface area (Å²) in [4.78, 5) is 0. The third-order valence-electron chi connectivity index (χ3n) is 0.359. The zero-order chi connectivity index (χ0) is 4.99. The molecule has 0 atom stereocenters. The molecule has 0 rings (SSSR count). The number of allylic oxidation sites excluding steroid dienone is 2. The van der Waals surface area contributed by atoms with Crippen molar-refractivity contribution in [1.82, 2.24) is 0 Å². The van der Waals surface area contributed by atoms with Crippen molar-refractivity contribution in [2.75, 3.05) is 0 Å². The van der Waals surface area contributed by atoms with Gasteiger partial charge in [-0.15, -0.1) is 0 Å². The second-order valence-corrected chi connectivity index (χ2v) is 0.991. The summed E-state index contributed by atoms with van der Waals surface area (Å²) in [6.45, 7) is 5.03. The molecule has 34 valence electrons. The second kappa shape index (κ2) is 2.51. The van der Waals surface area contributed by atoms with Gasteiger partial charge < -0.3 is 5.11 Å². The van der Waals surface area contributed by atoms with Crippen LogP contribution in [-0.4, -0.2) is 5.11 Å². The van der Waals surface area contributed by atoms with Gasteiger partial charge in [0.2, 0.25) is 0 Å². The van der Waals surface area contributed by atoms with Crippen LogP contribution in [-0.2, 0) is 0 Å². The normalized spacial score (nSPS) is 9.50. The van der Waals surface area contributed by atoms with Gasteiger partial charge >= 0.3 is 0 Å². The summed E-state index contributed by atoms with van der Waals surface area (Å²) in [7, 11) is 0. The molecular formula is C5H8O. The highest BCUT2D eigenvalue weighted by molar-refractivity contribution is 5.03. The SMILES string of the molecule is C=C(O)C=CC. The first kappa shape index (κ1) is 5.28. The summed E-state index contributed by atoms with van der Waals surface area (Å²) in [6, 6.07) is 0. The summed E-state index contributed by atoms with van der Waals surface area (Å²) in [5.74, 6) is 0.109. The minimum Gasteiger partial charge on any atom is -0.509 e. The van der Waals surface area contributed by atoms with E-state index in [0.29, 0.717) is 0 Å². The lowest BCUT2D eigenvalue weighted by atomic mass is 10.5. The highest BCUT2D eigenvalue weighted by Crippen LogP contribution is 1.80. The number of aliphatic hydroxyl groups is 1. The lowest BCUT2D eigenvalue weighted by Crippen LogP contribution is -1.62. The quantitative estimate of drug-likeness (QED) is 0.378. The molecule has 0 unspecified atom stereocenters. The van der Waals surface area contributed by atoms with Gasteiger partial charge in [-0.05, 0) is 13.0 Å². The van der Waals surface area contributed by atoms with E-state index >= 15 is 0 Å². The van der Waals surface area contributed by atoms with Gasteiger partial charge in [-0.25, -0.2) is 0 Å². The maximum atomic E-state index is 8.27. The van der Waals surface area contributed by atoms with Crippen LogP contribution in [0.25, 0.3) is 0 Å². The van der Waals surface area contributed by atoms with E-state index in [1.54, 1.807) is 6.08 Å². The molecule has 0 fully saturated rings. The Bertz CT molecular complexity index is 72.0. The average Bonchev–Trinajstić information content (AvgIpc) is 1.35. The molecule has 0 spiro atoms. The molecule has 0 amide bonds. The Hall–Kier alpha value is -0.720. The van der Waals surface area contributed by atoms with Crippen molar-refractivity contribution in [3.05, 3.63) is 24.5 Å². The molecule has 0 radical (unpaired) electrons. The molecule has 0 aliphatic rings. The summed E-state index contributed by atoms with van der Waals surface area (Å²) < 4.78 is 0. The molecule has 0 aromatic rings. The van der Waals surface area contributed by atoms with Gasteiger partial charge in [-0.3, -0.25) is 0 Å². The van der Waals surface area contributed by atoms with E-state index in [9.17, 15) is 0 Å². The molecular weight excluding hydrogens is 76.1 g/mol. The van der Waals surface area contributed by atoms with E-state index in [-0.39, 0.29) is 5.76 Å². The molecule has 0 aromatic heterocycles. The van der Waals surface area contributed by atoms with Crippen molar-refractivity contribution >= 4 is 0 Å². The van der Waals surface area contributed by atoms with Gasteiger partial charge in [0, 0.05) is 0 Å².